The van der Waals surface area contributed by atoms with Crippen molar-refractivity contribution in [2.24, 2.45) is 0 Å². The van der Waals surface area contributed by atoms with Gasteiger partial charge in [-0.2, -0.15) is 0 Å². The molecule has 2 atom stereocenters. The van der Waals surface area contributed by atoms with Gasteiger partial charge >= 0.3 is 0 Å². The van der Waals surface area contributed by atoms with E-state index in [1.54, 1.807) is 12.4 Å². The third-order valence-electron chi connectivity index (χ3n) is 4.07. The molecule has 2 rings (SSSR count). The predicted octanol–water partition coefficient (Wildman–Crippen LogP) is 1.82. The van der Waals surface area contributed by atoms with E-state index >= 15 is 0 Å². The van der Waals surface area contributed by atoms with Crippen LogP contribution in [0.25, 0.3) is 0 Å². The highest BCUT2D eigenvalue weighted by atomic mass is 16.3. The highest BCUT2D eigenvalue weighted by Crippen LogP contribution is 2.43. The third kappa shape index (κ3) is 1.64. The number of nitrogens with one attached hydrogen (secondary N) is 1. The summed E-state index contributed by atoms with van der Waals surface area (Å²) in [7, 11) is 1.92. The van der Waals surface area contributed by atoms with Crippen LogP contribution in [0, 0.1) is 0 Å². The summed E-state index contributed by atoms with van der Waals surface area (Å²) in [6.45, 7) is 2.10. The molecule has 16 heavy (non-hydrogen) atoms. The maximum absolute atomic E-state index is 11.0. The summed E-state index contributed by atoms with van der Waals surface area (Å²) < 4.78 is 0. The number of hydrogen-bond donors (Lipinski definition) is 2. The lowest BCUT2D eigenvalue weighted by Gasteiger charge is -2.48. The van der Waals surface area contributed by atoms with E-state index in [2.05, 4.69) is 17.2 Å². The van der Waals surface area contributed by atoms with Crippen molar-refractivity contribution in [3.05, 3.63) is 30.1 Å². The molecular weight excluding hydrogens is 200 g/mol. The molecule has 88 valence electrons. The largest absolute Gasteiger partial charge is 0.383 e. The van der Waals surface area contributed by atoms with E-state index in [0.717, 1.165) is 24.8 Å². The van der Waals surface area contributed by atoms with Crippen LogP contribution in [0.2, 0.25) is 0 Å². The van der Waals surface area contributed by atoms with Crippen LogP contribution in [0.5, 0.6) is 0 Å². The fraction of sp³-hybridized carbons (Fsp3) is 0.615. The Kier molecular flexibility index (Phi) is 3.00. The average Bonchev–Trinajstić information content (AvgIpc) is 2.34. The Morgan fingerprint density at radius 3 is 2.75 bits per heavy atom. The van der Waals surface area contributed by atoms with Crippen LogP contribution in [-0.2, 0) is 5.60 Å². The van der Waals surface area contributed by atoms with Crippen molar-refractivity contribution >= 4 is 0 Å². The van der Waals surface area contributed by atoms with Crippen LogP contribution in [-0.4, -0.2) is 22.7 Å². The molecule has 1 fully saturated rings. The molecule has 1 saturated carbocycles. The van der Waals surface area contributed by atoms with Crippen molar-refractivity contribution in [3.63, 3.8) is 0 Å². The molecule has 2 unspecified atom stereocenters. The summed E-state index contributed by atoms with van der Waals surface area (Å²) >= 11 is 0. The fourth-order valence-corrected chi connectivity index (χ4v) is 2.74. The fourth-order valence-electron chi connectivity index (χ4n) is 2.74. The molecule has 1 heterocycles. The zero-order valence-electron chi connectivity index (χ0n) is 10.0. The van der Waals surface area contributed by atoms with Gasteiger partial charge in [0.1, 0.15) is 5.60 Å². The molecule has 0 aliphatic heterocycles. The molecule has 0 aromatic carbocycles. The molecule has 0 bridgehead atoms. The first-order valence-corrected chi connectivity index (χ1v) is 5.94. The lowest BCUT2D eigenvalue weighted by Crippen LogP contribution is -2.59. The molecule has 0 amide bonds. The van der Waals surface area contributed by atoms with Crippen molar-refractivity contribution in [2.75, 3.05) is 7.05 Å². The second-order valence-corrected chi connectivity index (χ2v) is 4.89. The van der Waals surface area contributed by atoms with Gasteiger partial charge in [-0.3, -0.25) is 4.98 Å². The van der Waals surface area contributed by atoms with Crippen molar-refractivity contribution in [1.29, 1.82) is 0 Å². The van der Waals surface area contributed by atoms with Crippen LogP contribution in [0.15, 0.2) is 24.5 Å². The summed E-state index contributed by atoms with van der Waals surface area (Å²) in [5.41, 5.74) is -0.130. The molecular formula is C13H20N2O. The first-order valence-electron chi connectivity index (χ1n) is 5.94. The van der Waals surface area contributed by atoms with E-state index in [1.807, 2.05) is 19.2 Å². The van der Waals surface area contributed by atoms with Gasteiger partial charge in [0.05, 0.1) is 0 Å². The second kappa shape index (κ2) is 4.15. The van der Waals surface area contributed by atoms with Crippen LogP contribution in [0.1, 0.15) is 38.2 Å². The standard InChI is InChI=1S/C13H20N2O/c1-12(14-2)7-3-4-8-13(12,16)11-6-5-9-15-10-11/h5-6,9-10,14,16H,3-4,7-8H2,1-2H3. The maximum Gasteiger partial charge on any atom is 0.109 e. The normalized spacial score (nSPS) is 34.9. The lowest BCUT2D eigenvalue weighted by atomic mass is 9.67. The zero-order chi connectivity index (χ0) is 11.6. The van der Waals surface area contributed by atoms with Gasteiger partial charge in [0, 0.05) is 23.5 Å². The van der Waals surface area contributed by atoms with E-state index in [-0.39, 0.29) is 5.54 Å². The van der Waals surface area contributed by atoms with Crippen LogP contribution >= 0.6 is 0 Å². The molecule has 1 aliphatic carbocycles. The van der Waals surface area contributed by atoms with E-state index in [9.17, 15) is 5.11 Å². The Morgan fingerprint density at radius 2 is 2.12 bits per heavy atom. The van der Waals surface area contributed by atoms with Crippen molar-refractivity contribution < 1.29 is 5.11 Å². The molecule has 3 nitrogen and oxygen atoms in total. The molecule has 0 spiro atoms. The van der Waals surface area contributed by atoms with Crippen molar-refractivity contribution in [1.82, 2.24) is 10.3 Å². The van der Waals surface area contributed by atoms with E-state index in [4.69, 9.17) is 0 Å². The number of nitrogens with zero attached hydrogens (tertiary/aromatic N) is 1. The highest BCUT2D eigenvalue weighted by Gasteiger charge is 2.48. The first kappa shape index (κ1) is 11.6. The SMILES string of the molecule is CNC1(C)CCCCC1(O)c1cccnc1. The quantitative estimate of drug-likeness (QED) is 0.799. The minimum atomic E-state index is -0.797. The van der Waals surface area contributed by atoms with Crippen molar-refractivity contribution in [3.8, 4) is 0 Å². The minimum Gasteiger partial charge on any atom is -0.383 e. The molecule has 1 aromatic rings. The number of aliphatic hydroxyl groups is 1. The van der Waals surface area contributed by atoms with Gasteiger partial charge in [0.25, 0.3) is 0 Å². The second-order valence-electron chi connectivity index (χ2n) is 4.89. The summed E-state index contributed by atoms with van der Waals surface area (Å²) in [5.74, 6) is 0. The number of likely N-dealkylation sites (N-methyl/N-ethyl adjacent to an activating group) is 1. The van der Waals surface area contributed by atoms with Crippen LogP contribution in [0.3, 0.4) is 0 Å². The number of rotatable bonds is 2. The van der Waals surface area contributed by atoms with Gasteiger partial charge in [0.2, 0.25) is 0 Å². The van der Waals surface area contributed by atoms with Crippen molar-refractivity contribution in [2.45, 2.75) is 43.7 Å². The van der Waals surface area contributed by atoms with Gasteiger partial charge in [-0.1, -0.05) is 18.9 Å². The Balaban J connectivity index is 2.41. The Morgan fingerprint density at radius 1 is 1.38 bits per heavy atom. The topological polar surface area (TPSA) is 45.1 Å². The molecule has 0 radical (unpaired) electrons. The van der Waals surface area contributed by atoms with E-state index < -0.39 is 5.60 Å². The lowest BCUT2D eigenvalue weighted by molar-refractivity contribution is -0.0782. The van der Waals surface area contributed by atoms with Crippen LogP contribution in [0.4, 0.5) is 0 Å². The van der Waals surface area contributed by atoms with E-state index in [0.29, 0.717) is 0 Å². The monoisotopic (exact) mass is 220 g/mol. The summed E-state index contributed by atoms with van der Waals surface area (Å²) in [4.78, 5) is 4.12. The molecule has 2 N–H and O–H groups in total. The molecule has 0 saturated heterocycles. The van der Waals surface area contributed by atoms with Crippen LogP contribution < -0.4 is 5.32 Å². The van der Waals surface area contributed by atoms with Gasteiger partial charge in [-0.25, -0.2) is 0 Å². The summed E-state index contributed by atoms with van der Waals surface area (Å²) in [5, 5.41) is 14.3. The van der Waals surface area contributed by atoms with Gasteiger partial charge in [-0.05, 0) is 32.9 Å². The minimum absolute atomic E-state index is 0.256. The number of pyridine rings is 1. The summed E-state index contributed by atoms with van der Waals surface area (Å²) in [6, 6.07) is 3.85. The zero-order valence-corrected chi connectivity index (χ0v) is 10.0. The Labute approximate surface area is 96.9 Å². The Bertz CT molecular complexity index is 354. The number of hydrogen-bond acceptors (Lipinski definition) is 3. The average molecular weight is 220 g/mol. The molecule has 3 heteroatoms. The Hall–Kier alpha value is -0.930. The van der Waals surface area contributed by atoms with Gasteiger partial charge in [-0.15, -0.1) is 0 Å². The number of aromatic nitrogens is 1. The smallest absolute Gasteiger partial charge is 0.109 e. The molecule has 1 aromatic heterocycles. The van der Waals surface area contributed by atoms with Gasteiger partial charge in [0.15, 0.2) is 0 Å². The first-order chi connectivity index (χ1) is 7.62. The third-order valence-corrected chi connectivity index (χ3v) is 4.07. The summed E-state index contributed by atoms with van der Waals surface area (Å²) in [6.07, 6.45) is 7.56. The predicted molar refractivity (Wildman–Crippen MR) is 64.1 cm³/mol. The molecule has 1 aliphatic rings. The van der Waals surface area contributed by atoms with E-state index in [1.165, 1.54) is 6.42 Å². The highest BCUT2D eigenvalue weighted by molar-refractivity contribution is 5.25. The van der Waals surface area contributed by atoms with Gasteiger partial charge < -0.3 is 10.4 Å². The maximum atomic E-state index is 11.0.